The van der Waals surface area contributed by atoms with Gasteiger partial charge in [-0.2, -0.15) is 0 Å². The number of carbonyl (C=O) groups excluding carboxylic acids is 2. The lowest BCUT2D eigenvalue weighted by atomic mass is 10.1. The molecule has 1 fully saturated rings. The van der Waals surface area contributed by atoms with Crippen LogP contribution in [0.1, 0.15) is 28.8 Å². The van der Waals surface area contributed by atoms with Gasteiger partial charge in [0.1, 0.15) is 0 Å². The zero-order valence-corrected chi connectivity index (χ0v) is 16.2. The van der Waals surface area contributed by atoms with Crippen LogP contribution >= 0.6 is 0 Å². The molecule has 0 radical (unpaired) electrons. The molecule has 2 aromatic rings. The lowest BCUT2D eigenvalue weighted by molar-refractivity contribution is -0.117. The van der Waals surface area contributed by atoms with Gasteiger partial charge in [0.2, 0.25) is 11.7 Å². The minimum absolute atomic E-state index is 0.0709. The van der Waals surface area contributed by atoms with E-state index in [-0.39, 0.29) is 17.7 Å². The highest BCUT2D eigenvalue weighted by Crippen LogP contribution is 2.39. The summed E-state index contributed by atoms with van der Waals surface area (Å²) in [7, 11) is 4.49. The summed E-state index contributed by atoms with van der Waals surface area (Å²) in [5.41, 5.74) is 2.03. The van der Waals surface area contributed by atoms with Gasteiger partial charge in [-0.25, -0.2) is 0 Å². The highest BCUT2D eigenvalue weighted by molar-refractivity contribution is 5.98. The molecule has 7 nitrogen and oxygen atoms in total. The molecule has 7 heteroatoms. The van der Waals surface area contributed by atoms with Gasteiger partial charge >= 0.3 is 0 Å². The molecule has 28 heavy (non-hydrogen) atoms. The maximum absolute atomic E-state index is 12.6. The topological polar surface area (TPSA) is 85.9 Å². The Labute approximate surface area is 164 Å². The number of anilines is 1. The van der Waals surface area contributed by atoms with E-state index in [0.29, 0.717) is 29.4 Å². The minimum atomic E-state index is -0.288. The van der Waals surface area contributed by atoms with E-state index in [4.69, 9.17) is 14.2 Å². The van der Waals surface area contributed by atoms with Crippen LogP contribution in [-0.4, -0.2) is 33.1 Å². The van der Waals surface area contributed by atoms with E-state index >= 15 is 0 Å². The molecular formula is C21H24N2O5. The third-order valence-electron chi connectivity index (χ3n) is 4.57. The average Bonchev–Trinajstić information content (AvgIpc) is 3.57. The van der Waals surface area contributed by atoms with Crippen LogP contribution in [-0.2, 0) is 11.3 Å². The molecule has 0 unspecified atom stereocenters. The van der Waals surface area contributed by atoms with Gasteiger partial charge in [0.15, 0.2) is 11.5 Å². The van der Waals surface area contributed by atoms with Crippen molar-refractivity contribution in [2.45, 2.75) is 19.4 Å². The zero-order chi connectivity index (χ0) is 20.1. The van der Waals surface area contributed by atoms with Crippen molar-refractivity contribution in [3.8, 4) is 17.2 Å². The van der Waals surface area contributed by atoms with Crippen molar-refractivity contribution in [1.82, 2.24) is 5.32 Å². The Morgan fingerprint density at radius 2 is 1.61 bits per heavy atom. The van der Waals surface area contributed by atoms with Gasteiger partial charge in [-0.05, 0) is 42.7 Å². The highest BCUT2D eigenvalue weighted by Gasteiger charge is 2.29. The number of rotatable bonds is 8. The summed E-state index contributed by atoms with van der Waals surface area (Å²) in [6.07, 6.45) is 1.94. The Morgan fingerprint density at radius 1 is 0.929 bits per heavy atom. The Hall–Kier alpha value is -3.22. The fourth-order valence-corrected chi connectivity index (χ4v) is 2.85. The van der Waals surface area contributed by atoms with Gasteiger partial charge in [0.05, 0.1) is 26.9 Å². The van der Waals surface area contributed by atoms with E-state index in [9.17, 15) is 9.59 Å². The number of carbonyl (C=O) groups is 2. The molecule has 1 aliphatic rings. The number of ether oxygens (including phenoxy) is 3. The highest BCUT2D eigenvalue weighted by atomic mass is 16.5. The number of amides is 2. The van der Waals surface area contributed by atoms with Crippen LogP contribution in [0.2, 0.25) is 0 Å². The molecule has 0 atom stereocenters. The fraction of sp³-hybridized carbons (Fsp3) is 0.333. The first-order valence-electron chi connectivity index (χ1n) is 9.04. The first-order valence-corrected chi connectivity index (χ1v) is 9.04. The maximum Gasteiger partial charge on any atom is 0.255 e. The summed E-state index contributed by atoms with van der Waals surface area (Å²) < 4.78 is 15.9. The van der Waals surface area contributed by atoms with E-state index < -0.39 is 0 Å². The second-order valence-corrected chi connectivity index (χ2v) is 6.53. The van der Waals surface area contributed by atoms with Crippen LogP contribution in [0, 0.1) is 5.92 Å². The molecule has 0 spiro atoms. The number of hydrogen-bond donors (Lipinski definition) is 2. The number of hydrogen-bond acceptors (Lipinski definition) is 5. The van der Waals surface area contributed by atoms with Gasteiger partial charge in [0, 0.05) is 18.2 Å². The third kappa shape index (κ3) is 4.36. The Kier molecular flexibility index (Phi) is 6.03. The summed E-state index contributed by atoms with van der Waals surface area (Å²) >= 11 is 0. The zero-order valence-electron chi connectivity index (χ0n) is 16.2. The second kappa shape index (κ2) is 8.65. The molecule has 148 valence electrons. The van der Waals surface area contributed by atoms with Gasteiger partial charge in [-0.3, -0.25) is 9.59 Å². The molecule has 2 aromatic carbocycles. The van der Waals surface area contributed by atoms with Crippen LogP contribution in [0.4, 0.5) is 5.69 Å². The van der Waals surface area contributed by atoms with Crippen LogP contribution in [0.3, 0.4) is 0 Å². The van der Waals surface area contributed by atoms with Gasteiger partial charge in [0.25, 0.3) is 5.91 Å². The van der Waals surface area contributed by atoms with E-state index in [1.807, 2.05) is 24.3 Å². The molecule has 0 bridgehead atoms. The third-order valence-corrected chi connectivity index (χ3v) is 4.57. The van der Waals surface area contributed by atoms with Crippen molar-refractivity contribution in [1.29, 1.82) is 0 Å². The molecule has 3 rings (SSSR count). The van der Waals surface area contributed by atoms with Gasteiger partial charge in [-0.15, -0.1) is 0 Å². The van der Waals surface area contributed by atoms with E-state index in [1.54, 1.807) is 12.1 Å². The molecule has 0 aromatic heterocycles. The number of methoxy groups -OCH3 is 3. The molecule has 2 amide bonds. The molecule has 0 heterocycles. The van der Waals surface area contributed by atoms with Crippen LogP contribution in [0.15, 0.2) is 36.4 Å². The van der Waals surface area contributed by atoms with E-state index in [2.05, 4.69) is 10.6 Å². The second-order valence-electron chi connectivity index (χ2n) is 6.53. The van der Waals surface area contributed by atoms with Gasteiger partial charge < -0.3 is 24.8 Å². The van der Waals surface area contributed by atoms with E-state index in [1.165, 1.54) is 21.3 Å². The largest absolute Gasteiger partial charge is 0.493 e. The monoisotopic (exact) mass is 384 g/mol. The van der Waals surface area contributed by atoms with Crippen LogP contribution < -0.4 is 24.8 Å². The lowest BCUT2D eigenvalue weighted by Crippen LogP contribution is -2.23. The molecule has 0 saturated heterocycles. The van der Waals surface area contributed by atoms with Gasteiger partial charge in [-0.1, -0.05) is 12.1 Å². The van der Waals surface area contributed by atoms with Crippen LogP contribution in [0.25, 0.3) is 0 Å². The summed E-state index contributed by atoms with van der Waals surface area (Å²) in [5.74, 6) is 1.12. The predicted octanol–water partition coefficient (Wildman–Crippen LogP) is 2.99. The lowest BCUT2D eigenvalue weighted by Gasteiger charge is -2.15. The summed E-state index contributed by atoms with van der Waals surface area (Å²) in [5, 5.41) is 5.76. The smallest absolute Gasteiger partial charge is 0.255 e. The predicted molar refractivity (Wildman–Crippen MR) is 105 cm³/mol. The first kappa shape index (κ1) is 19.5. The van der Waals surface area contributed by atoms with Crippen molar-refractivity contribution in [2.24, 2.45) is 5.92 Å². The van der Waals surface area contributed by atoms with E-state index in [0.717, 1.165) is 24.1 Å². The molecular weight excluding hydrogens is 360 g/mol. The quantitative estimate of drug-likeness (QED) is 0.731. The summed E-state index contributed by atoms with van der Waals surface area (Å²) in [6.45, 7) is 0.340. The minimum Gasteiger partial charge on any atom is -0.493 e. The average molecular weight is 384 g/mol. The SMILES string of the molecule is COc1ccc(C(=O)NCc2ccc(NC(=O)C3CC3)cc2)c(OC)c1OC. The first-order chi connectivity index (χ1) is 13.6. The van der Waals surface area contributed by atoms with Crippen molar-refractivity contribution in [3.63, 3.8) is 0 Å². The van der Waals surface area contributed by atoms with Crippen molar-refractivity contribution < 1.29 is 23.8 Å². The molecule has 1 aliphatic carbocycles. The normalized spacial score (nSPS) is 12.8. The molecule has 0 aliphatic heterocycles. The fourth-order valence-electron chi connectivity index (χ4n) is 2.85. The summed E-state index contributed by atoms with van der Waals surface area (Å²) in [4.78, 5) is 24.4. The number of nitrogens with one attached hydrogen (secondary N) is 2. The Bertz CT molecular complexity index is 860. The van der Waals surface area contributed by atoms with Crippen molar-refractivity contribution in [2.75, 3.05) is 26.6 Å². The van der Waals surface area contributed by atoms with Crippen molar-refractivity contribution >= 4 is 17.5 Å². The molecule has 2 N–H and O–H groups in total. The molecule has 1 saturated carbocycles. The number of benzene rings is 2. The Morgan fingerprint density at radius 3 is 2.18 bits per heavy atom. The standard InChI is InChI=1S/C21H24N2O5/c1-26-17-11-10-16(18(27-2)19(17)28-3)21(25)22-12-13-4-8-15(9-5-13)23-20(24)14-6-7-14/h4-5,8-11,14H,6-7,12H2,1-3H3,(H,22,25)(H,23,24). The summed E-state index contributed by atoms with van der Waals surface area (Å²) in [6, 6.07) is 10.7. The maximum atomic E-state index is 12.6. The van der Waals surface area contributed by atoms with Crippen molar-refractivity contribution in [3.05, 3.63) is 47.5 Å². The Balaban J connectivity index is 1.64. The van der Waals surface area contributed by atoms with Crippen LogP contribution in [0.5, 0.6) is 17.2 Å².